The van der Waals surface area contributed by atoms with Crippen LogP contribution in [-0.4, -0.2) is 30.6 Å². The van der Waals surface area contributed by atoms with Crippen LogP contribution in [0, 0.1) is 12.3 Å². The summed E-state index contributed by atoms with van der Waals surface area (Å²) in [7, 11) is 4.29. The third-order valence-electron chi connectivity index (χ3n) is 3.79. The molecular formula is C12H23N3. The van der Waals surface area contributed by atoms with Crippen LogP contribution in [-0.2, 0) is 0 Å². The normalized spacial score (nSPS) is 21.5. The standard InChI is InChI=1S/C12H23N3/c1-4-5-8-11(14-13)12(15(2)3)9-6-7-10-12/h1,11,14H,5-10,13H2,2-3H3. The summed E-state index contributed by atoms with van der Waals surface area (Å²) >= 11 is 0. The molecule has 1 atom stereocenters. The summed E-state index contributed by atoms with van der Waals surface area (Å²) in [6.07, 6.45) is 12.1. The molecule has 0 radical (unpaired) electrons. The zero-order valence-corrected chi connectivity index (χ0v) is 9.92. The number of terminal acetylenes is 1. The highest BCUT2D eigenvalue weighted by atomic mass is 15.3. The van der Waals surface area contributed by atoms with E-state index in [0.717, 1.165) is 12.8 Å². The molecule has 3 heteroatoms. The number of likely N-dealkylation sites (N-methyl/N-ethyl adjacent to an activating group) is 1. The largest absolute Gasteiger partial charge is 0.302 e. The van der Waals surface area contributed by atoms with Crippen LogP contribution in [0.1, 0.15) is 38.5 Å². The van der Waals surface area contributed by atoms with Crippen LogP contribution in [0.25, 0.3) is 0 Å². The van der Waals surface area contributed by atoms with Crippen molar-refractivity contribution in [1.29, 1.82) is 0 Å². The molecule has 1 fully saturated rings. The molecule has 0 aromatic carbocycles. The average molecular weight is 209 g/mol. The van der Waals surface area contributed by atoms with E-state index in [2.05, 4.69) is 30.3 Å². The summed E-state index contributed by atoms with van der Waals surface area (Å²) < 4.78 is 0. The van der Waals surface area contributed by atoms with Gasteiger partial charge in [-0.2, -0.15) is 0 Å². The van der Waals surface area contributed by atoms with Gasteiger partial charge in [-0.3, -0.25) is 11.3 Å². The van der Waals surface area contributed by atoms with Crippen LogP contribution < -0.4 is 11.3 Å². The molecule has 0 aliphatic heterocycles. The van der Waals surface area contributed by atoms with Gasteiger partial charge in [0.15, 0.2) is 0 Å². The fraction of sp³-hybridized carbons (Fsp3) is 0.833. The third-order valence-corrected chi connectivity index (χ3v) is 3.79. The minimum atomic E-state index is 0.214. The van der Waals surface area contributed by atoms with E-state index in [1.165, 1.54) is 25.7 Å². The molecule has 1 aliphatic rings. The number of nitrogens with one attached hydrogen (secondary N) is 1. The summed E-state index contributed by atoms with van der Waals surface area (Å²) in [5.41, 5.74) is 3.18. The lowest BCUT2D eigenvalue weighted by Crippen LogP contribution is -2.59. The van der Waals surface area contributed by atoms with E-state index < -0.39 is 0 Å². The van der Waals surface area contributed by atoms with E-state index in [4.69, 9.17) is 12.3 Å². The van der Waals surface area contributed by atoms with Gasteiger partial charge in [-0.15, -0.1) is 12.3 Å². The van der Waals surface area contributed by atoms with Gasteiger partial charge in [0, 0.05) is 18.0 Å². The molecule has 15 heavy (non-hydrogen) atoms. The number of nitrogens with two attached hydrogens (primary N) is 1. The lowest BCUT2D eigenvalue weighted by molar-refractivity contribution is 0.101. The first-order valence-electron chi connectivity index (χ1n) is 5.74. The van der Waals surface area contributed by atoms with Crippen molar-refractivity contribution in [3.05, 3.63) is 0 Å². The van der Waals surface area contributed by atoms with Crippen molar-refractivity contribution in [2.75, 3.05) is 14.1 Å². The Bertz CT molecular complexity index is 224. The van der Waals surface area contributed by atoms with Crippen molar-refractivity contribution in [3.8, 4) is 12.3 Å². The van der Waals surface area contributed by atoms with Gasteiger partial charge in [-0.05, 0) is 33.4 Å². The maximum atomic E-state index is 5.67. The molecule has 1 saturated carbocycles. The Hall–Kier alpha value is -0.560. The van der Waals surface area contributed by atoms with Crippen molar-refractivity contribution in [2.24, 2.45) is 5.84 Å². The van der Waals surface area contributed by atoms with E-state index in [9.17, 15) is 0 Å². The van der Waals surface area contributed by atoms with E-state index in [1.54, 1.807) is 0 Å². The Morgan fingerprint density at radius 1 is 1.47 bits per heavy atom. The monoisotopic (exact) mass is 209 g/mol. The van der Waals surface area contributed by atoms with Crippen molar-refractivity contribution in [3.63, 3.8) is 0 Å². The van der Waals surface area contributed by atoms with Crippen LogP contribution in [0.15, 0.2) is 0 Å². The topological polar surface area (TPSA) is 41.3 Å². The summed E-state index contributed by atoms with van der Waals surface area (Å²) in [5.74, 6) is 8.37. The lowest BCUT2D eigenvalue weighted by atomic mass is 9.84. The molecule has 1 rings (SSSR count). The first-order chi connectivity index (χ1) is 7.17. The molecule has 3 nitrogen and oxygen atoms in total. The van der Waals surface area contributed by atoms with Gasteiger partial charge in [0.2, 0.25) is 0 Å². The Morgan fingerprint density at radius 3 is 2.47 bits per heavy atom. The number of nitrogens with zero attached hydrogens (tertiary/aromatic N) is 1. The highest BCUT2D eigenvalue weighted by Gasteiger charge is 2.42. The van der Waals surface area contributed by atoms with Crippen molar-refractivity contribution in [2.45, 2.75) is 50.1 Å². The molecular weight excluding hydrogens is 186 g/mol. The fourth-order valence-electron chi connectivity index (χ4n) is 2.83. The van der Waals surface area contributed by atoms with Gasteiger partial charge >= 0.3 is 0 Å². The number of hydrazine groups is 1. The Balaban J connectivity index is 2.72. The van der Waals surface area contributed by atoms with Crippen LogP contribution >= 0.6 is 0 Å². The minimum absolute atomic E-state index is 0.214. The smallest absolute Gasteiger partial charge is 0.0403 e. The van der Waals surface area contributed by atoms with Crippen molar-refractivity contribution < 1.29 is 0 Å². The SMILES string of the molecule is C#CCCC(NN)C1(N(C)C)CCCC1. The average Bonchev–Trinajstić information content (AvgIpc) is 2.69. The molecule has 0 aromatic rings. The number of rotatable bonds is 5. The van der Waals surface area contributed by atoms with Gasteiger partial charge in [0.25, 0.3) is 0 Å². The van der Waals surface area contributed by atoms with E-state index >= 15 is 0 Å². The van der Waals surface area contributed by atoms with Gasteiger partial charge < -0.3 is 4.90 Å². The van der Waals surface area contributed by atoms with Gasteiger partial charge in [-0.25, -0.2) is 0 Å². The van der Waals surface area contributed by atoms with E-state index in [1.807, 2.05) is 0 Å². The van der Waals surface area contributed by atoms with Crippen LogP contribution in [0.4, 0.5) is 0 Å². The van der Waals surface area contributed by atoms with Crippen LogP contribution in [0.3, 0.4) is 0 Å². The van der Waals surface area contributed by atoms with Crippen LogP contribution in [0.5, 0.6) is 0 Å². The highest BCUT2D eigenvalue weighted by Crippen LogP contribution is 2.37. The molecule has 0 spiro atoms. The Labute approximate surface area is 93.4 Å². The molecule has 0 bridgehead atoms. The second kappa shape index (κ2) is 5.50. The van der Waals surface area contributed by atoms with E-state index in [0.29, 0.717) is 6.04 Å². The summed E-state index contributed by atoms with van der Waals surface area (Å²) in [4.78, 5) is 2.32. The fourth-order valence-corrected chi connectivity index (χ4v) is 2.83. The molecule has 0 saturated heterocycles. The molecule has 1 unspecified atom stereocenters. The molecule has 3 N–H and O–H groups in total. The molecule has 0 heterocycles. The maximum absolute atomic E-state index is 5.67. The zero-order chi connectivity index (χ0) is 11.3. The predicted molar refractivity (Wildman–Crippen MR) is 64.1 cm³/mol. The quantitative estimate of drug-likeness (QED) is 0.405. The maximum Gasteiger partial charge on any atom is 0.0403 e. The summed E-state index contributed by atoms with van der Waals surface area (Å²) in [6, 6.07) is 0.311. The van der Waals surface area contributed by atoms with Gasteiger partial charge in [0.05, 0.1) is 0 Å². The van der Waals surface area contributed by atoms with Gasteiger partial charge in [0.1, 0.15) is 0 Å². The molecule has 0 amide bonds. The second-order valence-electron chi connectivity index (χ2n) is 4.67. The van der Waals surface area contributed by atoms with Crippen molar-refractivity contribution in [1.82, 2.24) is 10.3 Å². The summed E-state index contributed by atoms with van der Waals surface area (Å²) in [5, 5.41) is 0. The van der Waals surface area contributed by atoms with Crippen molar-refractivity contribution >= 4 is 0 Å². The Kier molecular flexibility index (Phi) is 4.59. The second-order valence-corrected chi connectivity index (χ2v) is 4.67. The van der Waals surface area contributed by atoms with Gasteiger partial charge in [-0.1, -0.05) is 12.8 Å². The molecule has 1 aliphatic carbocycles. The number of hydrogen-bond donors (Lipinski definition) is 2. The first-order valence-corrected chi connectivity index (χ1v) is 5.74. The zero-order valence-electron chi connectivity index (χ0n) is 9.92. The third kappa shape index (κ3) is 2.52. The predicted octanol–water partition coefficient (Wildman–Crippen LogP) is 1.11. The molecule has 0 aromatic heterocycles. The Morgan fingerprint density at radius 2 is 2.07 bits per heavy atom. The first kappa shape index (κ1) is 12.5. The minimum Gasteiger partial charge on any atom is -0.302 e. The van der Waals surface area contributed by atoms with Crippen LogP contribution in [0.2, 0.25) is 0 Å². The summed E-state index contributed by atoms with van der Waals surface area (Å²) in [6.45, 7) is 0. The number of hydrogen-bond acceptors (Lipinski definition) is 3. The van der Waals surface area contributed by atoms with E-state index in [-0.39, 0.29) is 5.54 Å². The lowest BCUT2D eigenvalue weighted by Gasteiger charge is -2.43. The molecule has 86 valence electrons. The highest BCUT2D eigenvalue weighted by molar-refractivity contribution is 5.02.